The molecule has 0 saturated carbocycles. The number of hydrogen-bond acceptors (Lipinski definition) is 2. The second-order valence-corrected chi connectivity index (χ2v) is 6.48. The van der Waals surface area contributed by atoms with E-state index >= 15 is 0 Å². The summed E-state index contributed by atoms with van der Waals surface area (Å²) in [5, 5.41) is 3.22. The van der Waals surface area contributed by atoms with Gasteiger partial charge in [-0.05, 0) is 87.8 Å². The van der Waals surface area contributed by atoms with Crippen molar-refractivity contribution in [3.8, 4) is 0 Å². The molecular formula is C18H29IN4. The molecule has 0 bridgehead atoms. The second kappa shape index (κ2) is 9.47. The van der Waals surface area contributed by atoms with Crippen molar-refractivity contribution in [2.45, 2.75) is 44.9 Å². The first-order valence-electron chi connectivity index (χ1n) is 8.72. The van der Waals surface area contributed by atoms with Gasteiger partial charge >= 0.3 is 0 Å². The monoisotopic (exact) mass is 428 g/mol. The van der Waals surface area contributed by atoms with Gasteiger partial charge in [-0.25, -0.2) is 0 Å². The van der Waals surface area contributed by atoms with Gasteiger partial charge in [-0.1, -0.05) is 6.07 Å². The van der Waals surface area contributed by atoms with E-state index in [4.69, 9.17) is 5.73 Å². The van der Waals surface area contributed by atoms with Crippen LogP contribution in [0.5, 0.6) is 0 Å². The first kappa shape index (κ1) is 18.5. The lowest BCUT2D eigenvalue weighted by atomic mass is 10.1. The van der Waals surface area contributed by atoms with Gasteiger partial charge in [0, 0.05) is 12.2 Å². The molecule has 1 heterocycles. The number of guanidine groups is 1. The van der Waals surface area contributed by atoms with Crippen LogP contribution in [-0.4, -0.2) is 37.0 Å². The van der Waals surface area contributed by atoms with Gasteiger partial charge < -0.3 is 16.0 Å². The minimum atomic E-state index is 0. The Labute approximate surface area is 156 Å². The van der Waals surface area contributed by atoms with Crippen LogP contribution in [0.2, 0.25) is 0 Å². The first-order chi connectivity index (χ1) is 10.8. The zero-order chi connectivity index (χ0) is 15.2. The maximum absolute atomic E-state index is 5.98. The lowest BCUT2D eigenvalue weighted by Gasteiger charge is -2.13. The first-order valence-corrected chi connectivity index (χ1v) is 8.72. The zero-order valence-corrected chi connectivity index (χ0v) is 16.2. The smallest absolute Gasteiger partial charge is 0.193 e. The summed E-state index contributed by atoms with van der Waals surface area (Å²) in [7, 11) is 0. The molecule has 1 aliphatic heterocycles. The number of benzene rings is 1. The van der Waals surface area contributed by atoms with Crippen molar-refractivity contribution in [1.29, 1.82) is 0 Å². The van der Waals surface area contributed by atoms with Gasteiger partial charge in [0.05, 0.1) is 0 Å². The molecule has 0 spiro atoms. The Kier molecular flexibility index (Phi) is 7.62. The number of fused-ring (bicyclic) bond motifs is 1. The van der Waals surface area contributed by atoms with Crippen LogP contribution in [0.4, 0.5) is 5.69 Å². The van der Waals surface area contributed by atoms with Crippen molar-refractivity contribution < 1.29 is 0 Å². The molecule has 0 atom stereocenters. The van der Waals surface area contributed by atoms with Crippen molar-refractivity contribution in [2.24, 2.45) is 10.7 Å². The summed E-state index contributed by atoms with van der Waals surface area (Å²) in [6.45, 7) is 4.60. The maximum atomic E-state index is 5.98. The Balaban J connectivity index is 0.00000192. The van der Waals surface area contributed by atoms with E-state index in [0.29, 0.717) is 5.96 Å². The van der Waals surface area contributed by atoms with Crippen LogP contribution in [0.1, 0.15) is 43.2 Å². The molecule has 0 radical (unpaired) electrons. The van der Waals surface area contributed by atoms with Crippen LogP contribution >= 0.6 is 24.0 Å². The fourth-order valence-electron chi connectivity index (χ4n) is 3.49. The number of aliphatic imine (C=N–C) groups is 1. The SMILES string of the molecule is I.NC(=NCCCCN1CCCC1)Nc1ccc2c(c1)CCC2. The quantitative estimate of drug-likeness (QED) is 0.316. The molecular weight excluding hydrogens is 399 g/mol. The molecule has 3 rings (SSSR count). The predicted octanol–water partition coefficient (Wildman–Crippen LogP) is 3.40. The van der Waals surface area contributed by atoms with E-state index in [-0.39, 0.29) is 24.0 Å². The highest BCUT2D eigenvalue weighted by Crippen LogP contribution is 2.24. The van der Waals surface area contributed by atoms with Crippen LogP contribution in [0, 0.1) is 0 Å². The zero-order valence-electron chi connectivity index (χ0n) is 13.9. The summed E-state index contributed by atoms with van der Waals surface area (Å²) in [4.78, 5) is 6.99. The molecule has 1 saturated heterocycles. The molecule has 0 aromatic heterocycles. The van der Waals surface area contributed by atoms with E-state index in [0.717, 1.165) is 18.7 Å². The lowest BCUT2D eigenvalue weighted by Crippen LogP contribution is -2.23. The summed E-state index contributed by atoms with van der Waals surface area (Å²) in [5.41, 5.74) is 10.0. The fourth-order valence-corrected chi connectivity index (χ4v) is 3.49. The Hall–Kier alpha value is -0.820. The van der Waals surface area contributed by atoms with Crippen molar-refractivity contribution in [3.05, 3.63) is 29.3 Å². The minimum Gasteiger partial charge on any atom is -0.370 e. The fraction of sp³-hybridized carbons (Fsp3) is 0.611. The van der Waals surface area contributed by atoms with Crippen molar-refractivity contribution in [2.75, 3.05) is 31.5 Å². The van der Waals surface area contributed by atoms with Gasteiger partial charge in [-0.2, -0.15) is 0 Å². The summed E-state index contributed by atoms with van der Waals surface area (Å²) in [6, 6.07) is 6.55. The van der Waals surface area contributed by atoms with Crippen LogP contribution in [0.15, 0.2) is 23.2 Å². The number of nitrogens with one attached hydrogen (secondary N) is 1. The lowest BCUT2D eigenvalue weighted by molar-refractivity contribution is 0.331. The van der Waals surface area contributed by atoms with Gasteiger partial charge in [0.25, 0.3) is 0 Å². The summed E-state index contributed by atoms with van der Waals surface area (Å²) in [6.07, 6.45) is 8.76. The highest BCUT2D eigenvalue weighted by atomic mass is 127. The molecule has 5 heteroatoms. The number of nitrogens with zero attached hydrogens (tertiary/aromatic N) is 2. The number of hydrogen-bond donors (Lipinski definition) is 2. The molecule has 1 fully saturated rings. The van der Waals surface area contributed by atoms with E-state index in [1.54, 1.807) is 0 Å². The number of rotatable bonds is 6. The standard InChI is InChI=1S/C18H28N4.HI/c19-18(20-10-1-2-11-22-12-3-4-13-22)21-17-9-8-15-6-5-7-16(15)14-17;/h8-9,14H,1-7,10-13H2,(H3,19,20,21);1H. The summed E-state index contributed by atoms with van der Waals surface area (Å²) < 4.78 is 0. The number of anilines is 1. The highest BCUT2D eigenvalue weighted by molar-refractivity contribution is 14.0. The normalized spacial score (nSPS) is 17.8. The number of halogens is 1. The number of nitrogens with two attached hydrogens (primary N) is 1. The third-order valence-corrected chi connectivity index (χ3v) is 4.73. The van der Waals surface area contributed by atoms with E-state index < -0.39 is 0 Å². The maximum Gasteiger partial charge on any atom is 0.193 e. The Morgan fingerprint density at radius 3 is 2.70 bits per heavy atom. The summed E-state index contributed by atoms with van der Waals surface area (Å²) in [5.74, 6) is 0.541. The minimum absolute atomic E-state index is 0. The number of aryl methyl sites for hydroxylation is 2. The molecule has 2 aliphatic rings. The van der Waals surface area contributed by atoms with Crippen LogP contribution in [-0.2, 0) is 12.8 Å². The number of unbranched alkanes of at least 4 members (excludes halogenated alkanes) is 1. The molecule has 1 aromatic rings. The largest absolute Gasteiger partial charge is 0.370 e. The number of likely N-dealkylation sites (tertiary alicyclic amines) is 1. The van der Waals surface area contributed by atoms with Gasteiger partial charge in [0.15, 0.2) is 5.96 Å². The van der Waals surface area contributed by atoms with E-state index in [2.05, 4.69) is 33.4 Å². The van der Waals surface area contributed by atoms with E-state index in [1.165, 1.54) is 69.3 Å². The van der Waals surface area contributed by atoms with Crippen molar-refractivity contribution in [3.63, 3.8) is 0 Å². The molecule has 4 nitrogen and oxygen atoms in total. The Bertz CT molecular complexity index is 524. The molecule has 0 amide bonds. The third kappa shape index (κ3) is 5.64. The summed E-state index contributed by atoms with van der Waals surface area (Å²) >= 11 is 0. The average Bonchev–Trinajstić information content (AvgIpc) is 3.17. The molecule has 1 aliphatic carbocycles. The average molecular weight is 428 g/mol. The van der Waals surface area contributed by atoms with Crippen LogP contribution < -0.4 is 11.1 Å². The molecule has 128 valence electrons. The molecule has 0 unspecified atom stereocenters. The molecule has 1 aromatic carbocycles. The van der Waals surface area contributed by atoms with E-state index in [9.17, 15) is 0 Å². The molecule has 3 N–H and O–H groups in total. The second-order valence-electron chi connectivity index (χ2n) is 6.48. The van der Waals surface area contributed by atoms with Gasteiger partial charge in [0.2, 0.25) is 0 Å². The van der Waals surface area contributed by atoms with Gasteiger partial charge in [-0.3, -0.25) is 4.99 Å². The molecule has 23 heavy (non-hydrogen) atoms. The Morgan fingerprint density at radius 1 is 1.09 bits per heavy atom. The highest BCUT2D eigenvalue weighted by Gasteiger charge is 2.11. The van der Waals surface area contributed by atoms with Crippen LogP contribution in [0.25, 0.3) is 0 Å². The van der Waals surface area contributed by atoms with Crippen molar-refractivity contribution >= 4 is 35.6 Å². The predicted molar refractivity (Wildman–Crippen MR) is 109 cm³/mol. The van der Waals surface area contributed by atoms with Gasteiger partial charge in [-0.15, -0.1) is 24.0 Å². The topological polar surface area (TPSA) is 53.6 Å². The van der Waals surface area contributed by atoms with E-state index in [1.807, 2.05) is 0 Å². The third-order valence-electron chi connectivity index (χ3n) is 4.73. The Morgan fingerprint density at radius 2 is 1.87 bits per heavy atom. The van der Waals surface area contributed by atoms with Crippen LogP contribution in [0.3, 0.4) is 0 Å². The van der Waals surface area contributed by atoms with Gasteiger partial charge in [0.1, 0.15) is 0 Å². The van der Waals surface area contributed by atoms with Crippen molar-refractivity contribution in [1.82, 2.24) is 4.90 Å².